The number of hydrogen-bond acceptors (Lipinski definition) is 5. The average Bonchev–Trinajstić information content (AvgIpc) is 2.94. The van der Waals surface area contributed by atoms with Crippen LogP contribution >= 0.6 is 11.8 Å². The van der Waals surface area contributed by atoms with Crippen molar-refractivity contribution in [2.24, 2.45) is 0 Å². The van der Waals surface area contributed by atoms with Crippen LogP contribution in [-0.2, 0) is 22.5 Å². The van der Waals surface area contributed by atoms with Crippen LogP contribution in [0.5, 0.6) is 0 Å². The normalized spacial score (nSPS) is 10.7. The second kappa shape index (κ2) is 9.35. The maximum atomic E-state index is 11.3. The van der Waals surface area contributed by atoms with Gasteiger partial charge in [0, 0.05) is 25.1 Å². The number of aromatic nitrogens is 3. The maximum absolute atomic E-state index is 11.3. The quantitative estimate of drug-likeness (QED) is 0.400. The first-order valence-electron chi connectivity index (χ1n) is 7.99. The van der Waals surface area contributed by atoms with Crippen molar-refractivity contribution in [3.05, 3.63) is 41.7 Å². The number of ether oxygens (including phenoxy) is 1. The zero-order chi connectivity index (χ0) is 16.5. The molecular weight excluding hydrogens is 310 g/mol. The number of nitrogens with zero attached hydrogens (tertiary/aromatic N) is 3. The third-order valence-corrected chi connectivity index (χ3v) is 4.43. The van der Waals surface area contributed by atoms with E-state index < -0.39 is 0 Å². The van der Waals surface area contributed by atoms with E-state index in [9.17, 15) is 4.79 Å². The van der Waals surface area contributed by atoms with E-state index in [1.54, 1.807) is 11.8 Å². The summed E-state index contributed by atoms with van der Waals surface area (Å²) < 4.78 is 7.07. The smallest absolute Gasteiger partial charge is 0.305 e. The molecule has 0 fully saturated rings. The fourth-order valence-electron chi connectivity index (χ4n) is 2.27. The summed E-state index contributed by atoms with van der Waals surface area (Å²) in [6.45, 7) is 5.21. The topological polar surface area (TPSA) is 57.0 Å². The SMILES string of the molecule is CCOC(=O)CCCSc1nnc(Cc2ccccc2)n1CC. The largest absolute Gasteiger partial charge is 0.466 e. The van der Waals surface area contributed by atoms with Crippen molar-refractivity contribution in [1.82, 2.24) is 14.8 Å². The molecule has 0 radical (unpaired) electrons. The standard InChI is InChI=1S/C17H23N3O2S/c1-3-20-15(13-14-9-6-5-7-10-14)18-19-17(20)23-12-8-11-16(21)22-4-2/h5-7,9-10H,3-4,8,11-13H2,1-2H3. The minimum absolute atomic E-state index is 0.130. The van der Waals surface area contributed by atoms with Gasteiger partial charge in [-0.05, 0) is 25.8 Å². The highest BCUT2D eigenvalue weighted by atomic mass is 32.2. The molecule has 23 heavy (non-hydrogen) atoms. The fraction of sp³-hybridized carbons (Fsp3) is 0.471. The Hall–Kier alpha value is -1.82. The molecule has 2 rings (SSSR count). The molecule has 0 amide bonds. The first kappa shape index (κ1) is 17.5. The fourth-order valence-corrected chi connectivity index (χ4v) is 3.23. The summed E-state index contributed by atoms with van der Waals surface area (Å²) in [5.41, 5.74) is 1.23. The number of rotatable bonds is 9. The Balaban J connectivity index is 1.89. The lowest BCUT2D eigenvalue weighted by Gasteiger charge is -2.07. The Labute approximate surface area is 141 Å². The van der Waals surface area contributed by atoms with Crippen molar-refractivity contribution in [2.45, 2.75) is 44.8 Å². The van der Waals surface area contributed by atoms with Crippen LogP contribution < -0.4 is 0 Å². The highest BCUT2D eigenvalue weighted by molar-refractivity contribution is 7.99. The Morgan fingerprint density at radius 3 is 2.70 bits per heavy atom. The van der Waals surface area contributed by atoms with Crippen LogP contribution in [0.4, 0.5) is 0 Å². The van der Waals surface area contributed by atoms with E-state index in [1.807, 2.05) is 25.1 Å². The molecule has 1 aromatic heterocycles. The van der Waals surface area contributed by atoms with Gasteiger partial charge in [-0.2, -0.15) is 0 Å². The summed E-state index contributed by atoms with van der Waals surface area (Å²) in [6, 6.07) is 10.3. The van der Waals surface area contributed by atoms with Crippen LogP contribution in [0.15, 0.2) is 35.5 Å². The summed E-state index contributed by atoms with van der Waals surface area (Å²) in [4.78, 5) is 11.3. The van der Waals surface area contributed by atoms with E-state index in [2.05, 4.69) is 33.8 Å². The van der Waals surface area contributed by atoms with Crippen LogP contribution in [0, 0.1) is 0 Å². The van der Waals surface area contributed by atoms with Crippen molar-refractivity contribution < 1.29 is 9.53 Å². The molecular formula is C17H23N3O2S. The zero-order valence-electron chi connectivity index (χ0n) is 13.7. The van der Waals surface area contributed by atoms with Crippen molar-refractivity contribution in [3.63, 3.8) is 0 Å². The second-order valence-corrected chi connectivity index (χ2v) is 6.12. The van der Waals surface area contributed by atoms with Gasteiger partial charge >= 0.3 is 5.97 Å². The highest BCUT2D eigenvalue weighted by Crippen LogP contribution is 2.20. The van der Waals surface area contributed by atoms with Gasteiger partial charge in [0.1, 0.15) is 5.82 Å². The van der Waals surface area contributed by atoms with Gasteiger partial charge in [-0.3, -0.25) is 4.79 Å². The number of carbonyl (C=O) groups excluding carboxylic acids is 1. The third-order valence-electron chi connectivity index (χ3n) is 3.38. The number of thioether (sulfide) groups is 1. The van der Waals surface area contributed by atoms with Crippen LogP contribution in [0.2, 0.25) is 0 Å². The molecule has 0 aliphatic carbocycles. The Kier molecular flexibility index (Phi) is 7.13. The summed E-state index contributed by atoms with van der Waals surface area (Å²) in [5, 5.41) is 9.54. The molecule has 6 heteroatoms. The van der Waals surface area contributed by atoms with Crippen molar-refractivity contribution >= 4 is 17.7 Å². The first-order chi connectivity index (χ1) is 11.2. The molecule has 0 spiro atoms. The number of esters is 1. The minimum Gasteiger partial charge on any atom is -0.466 e. The highest BCUT2D eigenvalue weighted by Gasteiger charge is 2.12. The van der Waals surface area contributed by atoms with Crippen molar-refractivity contribution in [2.75, 3.05) is 12.4 Å². The summed E-state index contributed by atoms with van der Waals surface area (Å²) in [5.74, 6) is 1.68. The zero-order valence-corrected chi connectivity index (χ0v) is 14.5. The van der Waals surface area contributed by atoms with Crippen LogP contribution in [0.3, 0.4) is 0 Å². The van der Waals surface area contributed by atoms with E-state index in [1.165, 1.54) is 5.56 Å². The van der Waals surface area contributed by atoms with Crippen LogP contribution in [0.25, 0.3) is 0 Å². The molecule has 0 N–H and O–H groups in total. The predicted molar refractivity (Wildman–Crippen MR) is 91.5 cm³/mol. The lowest BCUT2D eigenvalue weighted by atomic mass is 10.1. The van der Waals surface area contributed by atoms with E-state index in [-0.39, 0.29) is 5.97 Å². The Morgan fingerprint density at radius 2 is 2.00 bits per heavy atom. The molecule has 0 unspecified atom stereocenters. The van der Waals surface area contributed by atoms with Gasteiger partial charge < -0.3 is 9.30 Å². The molecule has 1 aromatic carbocycles. The molecule has 5 nitrogen and oxygen atoms in total. The van der Waals surface area contributed by atoms with E-state index >= 15 is 0 Å². The third kappa shape index (κ3) is 5.39. The molecule has 2 aromatic rings. The predicted octanol–water partition coefficient (Wildman–Crippen LogP) is 3.32. The maximum Gasteiger partial charge on any atom is 0.305 e. The lowest BCUT2D eigenvalue weighted by Crippen LogP contribution is -2.05. The monoisotopic (exact) mass is 333 g/mol. The Morgan fingerprint density at radius 1 is 1.22 bits per heavy atom. The molecule has 0 aliphatic heterocycles. The summed E-state index contributed by atoms with van der Waals surface area (Å²) in [6.07, 6.45) is 2.02. The molecule has 0 saturated heterocycles. The molecule has 0 saturated carbocycles. The van der Waals surface area contributed by atoms with Gasteiger partial charge in [0.2, 0.25) is 0 Å². The van der Waals surface area contributed by atoms with Gasteiger partial charge in [-0.15, -0.1) is 10.2 Å². The van der Waals surface area contributed by atoms with Gasteiger partial charge in [0.05, 0.1) is 6.61 Å². The van der Waals surface area contributed by atoms with E-state index in [0.29, 0.717) is 13.0 Å². The van der Waals surface area contributed by atoms with Crippen molar-refractivity contribution in [3.8, 4) is 0 Å². The molecule has 1 heterocycles. The number of carbonyl (C=O) groups is 1. The van der Waals surface area contributed by atoms with Gasteiger partial charge in [0.15, 0.2) is 5.16 Å². The van der Waals surface area contributed by atoms with Crippen molar-refractivity contribution in [1.29, 1.82) is 0 Å². The molecule has 0 bridgehead atoms. The summed E-state index contributed by atoms with van der Waals surface area (Å²) >= 11 is 1.64. The molecule has 124 valence electrons. The van der Waals surface area contributed by atoms with Gasteiger partial charge in [-0.25, -0.2) is 0 Å². The average molecular weight is 333 g/mol. The second-order valence-electron chi connectivity index (χ2n) is 5.06. The van der Waals surface area contributed by atoms with Gasteiger partial charge in [0.25, 0.3) is 0 Å². The Bertz CT molecular complexity index is 614. The van der Waals surface area contributed by atoms with E-state index in [4.69, 9.17) is 4.74 Å². The minimum atomic E-state index is -0.130. The van der Waals surface area contributed by atoms with Crippen LogP contribution in [-0.4, -0.2) is 33.1 Å². The lowest BCUT2D eigenvalue weighted by molar-refractivity contribution is -0.143. The van der Waals surface area contributed by atoms with E-state index in [0.717, 1.165) is 36.1 Å². The number of benzene rings is 1. The molecule has 0 atom stereocenters. The van der Waals surface area contributed by atoms with Gasteiger partial charge in [-0.1, -0.05) is 42.1 Å². The summed E-state index contributed by atoms with van der Waals surface area (Å²) in [7, 11) is 0. The first-order valence-corrected chi connectivity index (χ1v) is 8.97. The molecule has 0 aliphatic rings. The van der Waals surface area contributed by atoms with Crippen LogP contribution in [0.1, 0.15) is 38.1 Å². The number of hydrogen-bond donors (Lipinski definition) is 0.